The van der Waals surface area contributed by atoms with Crippen molar-refractivity contribution in [3.63, 3.8) is 0 Å². The van der Waals surface area contributed by atoms with E-state index in [0.717, 1.165) is 30.4 Å². The standard InChI is InChI=1S/C12H18N2O2S/c1-8-9(10(15)16-12(2,3)4)17-11-13-6-5-7-14(8)11/h5-7H2,1-4H3. The Labute approximate surface area is 106 Å². The Hall–Kier alpha value is -0.970. The summed E-state index contributed by atoms with van der Waals surface area (Å²) in [6, 6.07) is 0. The van der Waals surface area contributed by atoms with E-state index in [1.807, 2.05) is 27.7 Å². The molecule has 0 radical (unpaired) electrons. The van der Waals surface area contributed by atoms with Gasteiger partial charge < -0.3 is 9.64 Å². The van der Waals surface area contributed by atoms with Crippen LogP contribution in [0.25, 0.3) is 0 Å². The summed E-state index contributed by atoms with van der Waals surface area (Å²) in [6.45, 7) is 9.40. The average Bonchev–Trinajstić information content (AvgIpc) is 2.55. The molecule has 0 fully saturated rings. The highest BCUT2D eigenvalue weighted by Gasteiger charge is 2.34. The molecule has 0 aromatic carbocycles. The molecule has 0 unspecified atom stereocenters. The fraction of sp³-hybridized carbons (Fsp3) is 0.667. The molecule has 0 aliphatic carbocycles. The zero-order valence-electron chi connectivity index (χ0n) is 10.7. The van der Waals surface area contributed by atoms with Gasteiger partial charge in [0.25, 0.3) is 0 Å². The van der Waals surface area contributed by atoms with Crippen molar-refractivity contribution in [2.75, 3.05) is 13.1 Å². The van der Waals surface area contributed by atoms with Crippen molar-refractivity contribution in [2.24, 2.45) is 4.99 Å². The first-order valence-corrected chi connectivity index (χ1v) is 6.64. The van der Waals surface area contributed by atoms with E-state index in [2.05, 4.69) is 9.89 Å². The second-order valence-electron chi connectivity index (χ2n) is 5.19. The van der Waals surface area contributed by atoms with E-state index in [4.69, 9.17) is 4.74 Å². The predicted molar refractivity (Wildman–Crippen MR) is 69.8 cm³/mol. The smallest absolute Gasteiger partial charge is 0.347 e. The van der Waals surface area contributed by atoms with Gasteiger partial charge in [-0.05, 0) is 45.9 Å². The first-order chi connectivity index (χ1) is 7.88. The number of fused-ring (bicyclic) bond motifs is 1. The molecule has 0 spiro atoms. The van der Waals surface area contributed by atoms with Crippen LogP contribution < -0.4 is 0 Å². The van der Waals surface area contributed by atoms with Crippen LogP contribution in [0.15, 0.2) is 15.6 Å². The van der Waals surface area contributed by atoms with Gasteiger partial charge in [-0.1, -0.05) is 0 Å². The third-order valence-corrected chi connectivity index (χ3v) is 3.73. The summed E-state index contributed by atoms with van der Waals surface area (Å²) in [6.07, 6.45) is 1.04. The van der Waals surface area contributed by atoms with Gasteiger partial charge in [0.1, 0.15) is 10.5 Å². The van der Waals surface area contributed by atoms with Crippen LogP contribution in [-0.2, 0) is 9.53 Å². The largest absolute Gasteiger partial charge is 0.456 e. The number of nitrogens with zero attached hydrogens (tertiary/aromatic N) is 2. The minimum absolute atomic E-state index is 0.239. The van der Waals surface area contributed by atoms with E-state index in [0.29, 0.717) is 4.91 Å². The molecule has 0 aromatic heterocycles. The highest BCUT2D eigenvalue weighted by molar-refractivity contribution is 8.18. The first-order valence-electron chi connectivity index (χ1n) is 5.82. The molecule has 0 amide bonds. The van der Waals surface area contributed by atoms with E-state index in [1.54, 1.807) is 0 Å². The van der Waals surface area contributed by atoms with Crippen LogP contribution in [0, 0.1) is 0 Å². The minimum Gasteiger partial charge on any atom is -0.456 e. The third kappa shape index (κ3) is 2.65. The molecule has 2 aliphatic heterocycles. The van der Waals surface area contributed by atoms with Crippen LogP contribution in [0.1, 0.15) is 34.1 Å². The zero-order valence-corrected chi connectivity index (χ0v) is 11.6. The van der Waals surface area contributed by atoms with Gasteiger partial charge in [-0.3, -0.25) is 4.99 Å². The summed E-state index contributed by atoms with van der Waals surface area (Å²) in [4.78, 5) is 19.2. The summed E-state index contributed by atoms with van der Waals surface area (Å²) in [5, 5.41) is 0.939. The summed E-state index contributed by atoms with van der Waals surface area (Å²) in [5.41, 5.74) is 0.526. The highest BCUT2D eigenvalue weighted by Crippen LogP contribution is 2.37. The Morgan fingerprint density at radius 3 is 2.76 bits per heavy atom. The van der Waals surface area contributed by atoms with Gasteiger partial charge in [0.15, 0.2) is 5.17 Å². The Bertz CT molecular complexity index is 407. The van der Waals surface area contributed by atoms with Crippen LogP contribution >= 0.6 is 11.8 Å². The van der Waals surface area contributed by atoms with Crippen LogP contribution in [-0.4, -0.2) is 34.7 Å². The molecule has 4 nitrogen and oxygen atoms in total. The number of carbonyl (C=O) groups excluding carboxylic acids is 1. The molecule has 5 heteroatoms. The molecule has 0 bridgehead atoms. The highest BCUT2D eigenvalue weighted by atomic mass is 32.2. The molecule has 0 saturated carbocycles. The number of allylic oxidation sites excluding steroid dienone is 1. The number of aliphatic imine (C=N–C) groups is 1. The number of rotatable bonds is 1. The van der Waals surface area contributed by atoms with Crippen molar-refractivity contribution < 1.29 is 9.53 Å². The molecule has 0 N–H and O–H groups in total. The molecule has 0 aromatic rings. The van der Waals surface area contributed by atoms with Crippen LogP contribution in [0.5, 0.6) is 0 Å². The lowest BCUT2D eigenvalue weighted by atomic mass is 10.2. The van der Waals surface area contributed by atoms with Crippen LogP contribution in [0.2, 0.25) is 0 Å². The molecule has 2 heterocycles. The van der Waals surface area contributed by atoms with Crippen molar-refractivity contribution >= 4 is 22.9 Å². The summed E-state index contributed by atoms with van der Waals surface area (Å²) >= 11 is 1.43. The second kappa shape index (κ2) is 4.37. The van der Waals surface area contributed by atoms with Gasteiger partial charge >= 0.3 is 5.97 Å². The summed E-state index contributed by atoms with van der Waals surface area (Å²) < 4.78 is 5.40. The van der Waals surface area contributed by atoms with Gasteiger partial charge in [-0.15, -0.1) is 0 Å². The first kappa shape index (κ1) is 12.5. The quantitative estimate of drug-likeness (QED) is 0.674. The molecule has 0 saturated heterocycles. The fourth-order valence-electron chi connectivity index (χ4n) is 1.78. The number of ether oxygens (including phenoxy) is 1. The van der Waals surface area contributed by atoms with Crippen LogP contribution in [0.4, 0.5) is 0 Å². The van der Waals surface area contributed by atoms with E-state index in [1.165, 1.54) is 11.8 Å². The van der Waals surface area contributed by atoms with Gasteiger partial charge in [-0.2, -0.15) is 0 Å². The Morgan fingerprint density at radius 1 is 1.47 bits per heavy atom. The maximum absolute atomic E-state index is 12.0. The van der Waals surface area contributed by atoms with Crippen molar-refractivity contribution in [1.82, 2.24) is 4.90 Å². The third-order valence-electron chi connectivity index (χ3n) is 2.53. The zero-order chi connectivity index (χ0) is 12.6. The predicted octanol–water partition coefficient (Wildman–Crippen LogP) is 2.37. The maximum Gasteiger partial charge on any atom is 0.347 e. The van der Waals surface area contributed by atoms with Gasteiger partial charge in [0.2, 0.25) is 0 Å². The van der Waals surface area contributed by atoms with E-state index < -0.39 is 5.60 Å². The lowest BCUT2D eigenvalue weighted by Gasteiger charge is -2.23. The number of esters is 1. The van der Waals surface area contributed by atoms with E-state index in [9.17, 15) is 4.79 Å². The van der Waals surface area contributed by atoms with E-state index in [-0.39, 0.29) is 5.97 Å². The summed E-state index contributed by atoms with van der Waals surface area (Å²) in [5.74, 6) is -0.239. The monoisotopic (exact) mass is 254 g/mol. The van der Waals surface area contributed by atoms with Crippen molar-refractivity contribution in [3.05, 3.63) is 10.6 Å². The van der Waals surface area contributed by atoms with Crippen molar-refractivity contribution in [1.29, 1.82) is 0 Å². The number of carbonyl (C=O) groups is 1. The van der Waals surface area contributed by atoms with Crippen molar-refractivity contribution in [3.8, 4) is 0 Å². The molecule has 94 valence electrons. The minimum atomic E-state index is -0.449. The normalized spacial score (nSPS) is 20.2. The number of hydrogen-bond donors (Lipinski definition) is 0. The van der Waals surface area contributed by atoms with Gasteiger partial charge in [0.05, 0.1) is 0 Å². The lowest BCUT2D eigenvalue weighted by Crippen LogP contribution is -2.28. The summed E-state index contributed by atoms with van der Waals surface area (Å²) in [7, 11) is 0. The topological polar surface area (TPSA) is 41.9 Å². The molecular weight excluding hydrogens is 236 g/mol. The fourth-order valence-corrected chi connectivity index (χ4v) is 2.84. The molecular formula is C12H18N2O2S. The lowest BCUT2D eigenvalue weighted by molar-refractivity contribution is -0.149. The average molecular weight is 254 g/mol. The Kier molecular flexibility index (Phi) is 3.21. The number of amidine groups is 1. The van der Waals surface area contributed by atoms with Gasteiger partial charge in [0, 0.05) is 18.8 Å². The Balaban J connectivity index is 2.17. The molecule has 0 atom stereocenters. The number of hydrogen-bond acceptors (Lipinski definition) is 5. The van der Waals surface area contributed by atoms with E-state index >= 15 is 0 Å². The molecule has 17 heavy (non-hydrogen) atoms. The SMILES string of the molecule is CC1=C(C(=O)OC(C)(C)C)SC2=NCCCN21. The number of thioether (sulfide) groups is 1. The Morgan fingerprint density at radius 2 is 2.18 bits per heavy atom. The second-order valence-corrected chi connectivity index (χ2v) is 6.17. The molecule has 2 rings (SSSR count). The van der Waals surface area contributed by atoms with Crippen LogP contribution in [0.3, 0.4) is 0 Å². The molecule has 2 aliphatic rings. The van der Waals surface area contributed by atoms with Gasteiger partial charge in [-0.25, -0.2) is 4.79 Å². The maximum atomic E-state index is 12.0. The van der Waals surface area contributed by atoms with Crippen molar-refractivity contribution in [2.45, 2.75) is 39.7 Å².